The average Bonchev–Trinajstić information content (AvgIpc) is 3.29. The van der Waals surface area contributed by atoms with E-state index in [2.05, 4.69) is 67.8 Å². The number of hydrogen-bond acceptors (Lipinski definition) is 6. The summed E-state index contributed by atoms with van der Waals surface area (Å²) in [4.78, 5) is 25.5. The summed E-state index contributed by atoms with van der Waals surface area (Å²) >= 11 is 0. The monoisotopic (exact) mass is 961 g/mol. The van der Waals surface area contributed by atoms with E-state index in [0.29, 0.717) is 17.4 Å². The van der Waals surface area contributed by atoms with Crippen molar-refractivity contribution in [3.05, 3.63) is 60.8 Å². The molecule has 8 nitrogen and oxygen atoms in total. The van der Waals surface area contributed by atoms with Gasteiger partial charge in [0, 0.05) is 6.42 Å². The minimum Gasteiger partial charge on any atom is -0.756 e. The second-order valence-electron chi connectivity index (χ2n) is 20.3. The van der Waals surface area contributed by atoms with Crippen molar-refractivity contribution in [1.29, 1.82) is 0 Å². The highest BCUT2D eigenvalue weighted by Crippen LogP contribution is 2.38. The summed E-state index contributed by atoms with van der Waals surface area (Å²) in [6.45, 7) is 4.56. The van der Waals surface area contributed by atoms with Gasteiger partial charge in [-0.2, -0.15) is 0 Å². The van der Waals surface area contributed by atoms with Crippen LogP contribution in [-0.2, 0) is 18.4 Å². The summed E-state index contributed by atoms with van der Waals surface area (Å²) in [6.07, 6.45) is 65.7. The molecule has 1 amide bonds. The van der Waals surface area contributed by atoms with E-state index in [0.717, 1.165) is 64.2 Å². The number of aliphatic hydroxyl groups excluding tert-OH is 1. The molecule has 0 rings (SSSR count). The number of carbonyl (C=O) groups is 1. The number of nitrogens with zero attached hydrogens (tertiary/aromatic N) is 1. The fourth-order valence-electron chi connectivity index (χ4n) is 8.09. The number of phosphoric ester groups is 1. The van der Waals surface area contributed by atoms with Crippen LogP contribution in [0, 0.1) is 0 Å². The van der Waals surface area contributed by atoms with Gasteiger partial charge in [0.05, 0.1) is 39.9 Å². The lowest BCUT2D eigenvalue weighted by atomic mass is 10.0. The number of phosphoric acid groups is 1. The standard InChI is InChI=1S/C58H109N2O6P/c1-6-8-10-12-14-16-18-20-22-24-26-28-29-30-31-32-34-36-38-40-42-44-46-48-50-52-58(62)59-56(55-66-67(63,64)65-54-53-60(3,4)5)57(61)51-49-47-45-43-41-39-37-35-33-27-25-23-21-19-17-15-13-11-9-7-2/h8,10,14,16,20,22,26,28,49,51,56-57,61H,6-7,9,11-13,15,17-19,21,23-25,27,29-48,50,52-55H2,1-5H3,(H-,59,62,63,64)/b10-8-,16-14-,22-20-,28-26-,51-49+. The highest BCUT2D eigenvalue weighted by atomic mass is 31.2. The van der Waals surface area contributed by atoms with Gasteiger partial charge in [0.2, 0.25) is 5.91 Å². The fourth-order valence-corrected chi connectivity index (χ4v) is 8.81. The molecule has 0 fully saturated rings. The molecule has 0 aromatic carbocycles. The minimum absolute atomic E-state index is 0.00261. The predicted molar refractivity (Wildman–Crippen MR) is 288 cm³/mol. The van der Waals surface area contributed by atoms with Gasteiger partial charge in [0.1, 0.15) is 13.2 Å². The number of aliphatic hydroxyl groups is 1. The fraction of sp³-hybridized carbons (Fsp3) is 0.810. The zero-order chi connectivity index (χ0) is 49.2. The molecule has 0 saturated heterocycles. The molecular formula is C58H109N2O6P. The van der Waals surface area contributed by atoms with Crippen LogP contribution in [0.1, 0.15) is 251 Å². The van der Waals surface area contributed by atoms with E-state index in [9.17, 15) is 19.4 Å². The first-order valence-corrected chi connectivity index (χ1v) is 29.6. The molecule has 0 aliphatic heterocycles. The van der Waals surface area contributed by atoms with E-state index in [1.807, 2.05) is 27.2 Å². The van der Waals surface area contributed by atoms with Crippen molar-refractivity contribution in [2.75, 3.05) is 40.9 Å². The van der Waals surface area contributed by atoms with Gasteiger partial charge in [-0.3, -0.25) is 9.36 Å². The van der Waals surface area contributed by atoms with Crippen LogP contribution in [0.4, 0.5) is 0 Å². The molecule has 0 spiro atoms. The van der Waals surface area contributed by atoms with E-state index in [-0.39, 0.29) is 19.1 Å². The Kier molecular flexibility index (Phi) is 47.9. The molecule has 9 heteroatoms. The molecule has 0 radical (unpaired) electrons. The maximum absolute atomic E-state index is 13.0. The molecule has 392 valence electrons. The molecule has 67 heavy (non-hydrogen) atoms. The highest BCUT2D eigenvalue weighted by molar-refractivity contribution is 7.45. The van der Waals surface area contributed by atoms with Crippen LogP contribution in [0.2, 0.25) is 0 Å². The maximum Gasteiger partial charge on any atom is 0.268 e. The van der Waals surface area contributed by atoms with Crippen LogP contribution in [0.3, 0.4) is 0 Å². The SMILES string of the molecule is CC/C=C\C/C=C\C/C=C\C/C=C\CCCCCCCCCCCCCCC(=O)NC(COP(=O)([O-])OCC[N+](C)(C)C)C(O)/C=C/CCCCCCCCCCCCCCCCCCCC. The van der Waals surface area contributed by atoms with Crippen molar-refractivity contribution < 1.29 is 32.9 Å². The van der Waals surface area contributed by atoms with Crippen LogP contribution in [0.25, 0.3) is 0 Å². The Bertz CT molecular complexity index is 1270. The van der Waals surface area contributed by atoms with Crippen LogP contribution in [0.5, 0.6) is 0 Å². The Morgan fingerprint density at radius 3 is 1.33 bits per heavy atom. The quantitative estimate of drug-likeness (QED) is 0.0272. The third-order valence-corrected chi connectivity index (χ3v) is 13.4. The van der Waals surface area contributed by atoms with Crippen molar-refractivity contribution >= 4 is 13.7 Å². The van der Waals surface area contributed by atoms with Gasteiger partial charge >= 0.3 is 0 Å². The summed E-state index contributed by atoms with van der Waals surface area (Å²) < 4.78 is 23.3. The average molecular weight is 961 g/mol. The van der Waals surface area contributed by atoms with Crippen LogP contribution in [-0.4, -0.2) is 68.5 Å². The number of amides is 1. The smallest absolute Gasteiger partial charge is 0.268 e. The Hall–Kier alpha value is -1.80. The Morgan fingerprint density at radius 1 is 0.537 bits per heavy atom. The second kappa shape index (κ2) is 49.2. The van der Waals surface area contributed by atoms with Crippen molar-refractivity contribution in [3.8, 4) is 0 Å². The minimum atomic E-state index is -4.60. The van der Waals surface area contributed by atoms with Crippen LogP contribution >= 0.6 is 7.82 Å². The lowest BCUT2D eigenvalue weighted by molar-refractivity contribution is -0.870. The maximum atomic E-state index is 13.0. The Balaban J connectivity index is 4.23. The molecule has 0 bridgehead atoms. The van der Waals surface area contributed by atoms with Crippen LogP contribution in [0.15, 0.2) is 60.8 Å². The van der Waals surface area contributed by atoms with Gasteiger partial charge < -0.3 is 28.8 Å². The first-order valence-electron chi connectivity index (χ1n) is 28.2. The van der Waals surface area contributed by atoms with Crippen LogP contribution < -0.4 is 10.2 Å². The second-order valence-corrected chi connectivity index (χ2v) is 21.7. The van der Waals surface area contributed by atoms with Crippen molar-refractivity contribution in [3.63, 3.8) is 0 Å². The number of allylic oxidation sites excluding steroid dienone is 9. The van der Waals surface area contributed by atoms with E-state index >= 15 is 0 Å². The molecule has 0 saturated carbocycles. The summed E-state index contributed by atoms with van der Waals surface area (Å²) in [5.74, 6) is -0.199. The number of carbonyl (C=O) groups excluding carboxylic acids is 1. The summed E-state index contributed by atoms with van der Waals surface area (Å²) in [5, 5.41) is 13.9. The molecule has 0 aliphatic rings. The third kappa shape index (κ3) is 51.9. The predicted octanol–water partition coefficient (Wildman–Crippen LogP) is 16.3. The number of unbranched alkanes of at least 4 members (excludes halogenated alkanes) is 30. The zero-order valence-corrected chi connectivity index (χ0v) is 45.5. The van der Waals surface area contributed by atoms with Gasteiger partial charge in [-0.05, 0) is 57.8 Å². The van der Waals surface area contributed by atoms with E-state index in [1.54, 1.807) is 6.08 Å². The van der Waals surface area contributed by atoms with E-state index in [4.69, 9.17) is 9.05 Å². The summed E-state index contributed by atoms with van der Waals surface area (Å²) in [5.41, 5.74) is 0. The summed E-state index contributed by atoms with van der Waals surface area (Å²) in [7, 11) is 1.26. The highest BCUT2D eigenvalue weighted by Gasteiger charge is 2.23. The first kappa shape index (κ1) is 65.2. The number of hydrogen-bond donors (Lipinski definition) is 2. The van der Waals surface area contributed by atoms with E-state index < -0.39 is 20.0 Å². The number of likely N-dealkylation sites (N-methyl/N-ethyl adjacent to an activating group) is 1. The first-order chi connectivity index (χ1) is 32.5. The topological polar surface area (TPSA) is 108 Å². The molecule has 0 aliphatic carbocycles. The molecule has 0 aromatic heterocycles. The van der Waals surface area contributed by atoms with Gasteiger partial charge in [0.25, 0.3) is 7.82 Å². The van der Waals surface area contributed by atoms with Crippen molar-refractivity contribution in [1.82, 2.24) is 5.32 Å². The Morgan fingerprint density at radius 2 is 0.910 bits per heavy atom. The number of rotatable bonds is 51. The van der Waals surface area contributed by atoms with Crippen molar-refractivity contribution in [2.24, 2.45) is 0 Å². The van der Waals surface area contributed by atoms with Gasteiger partial charge in [-0.1, -0.05) is 248 Å². The molecule has 3 atom stereocenters. The zero-order valence-electron chi connectivity index (χ0n) is 44.6. The molecule has 0 heterocycles. The number of nitrogens with one attached hydrogen (secondary N) is 1. The van der Waals surface area contributed by atoms with Gasteiger partial charge in [-0.25, -0.2) is 0 Å². The molecule has 0 aromatic rings. The molecular weight excluding hydrogens is 852 g/mol. The van der Waals surface area contributed by atoms with Gasteiger partial charge in [-0.15, -0.1) is 0 Å². The van der Waals surface area contributed by atoms with Crippen molar-refractivity contribution in [2.45, 2.75) is 264 Å². The molecule has 2 N–H and O–H groups in total. The molecule has 3 unspecified atom stereocenters. The number of quaternary nitrogens is 1. The largest absolute Gasteiger partial charge is 0.756 e. The lowest BCUT2D eigenvalue weighted by Gasteiger charge is -2.29. The van der Waals surface area contributed by atoms with Gasteiger partial charge in [0.15, 0.2) is 0 Å². The summed E-state index contributed by atoms with van der Waals surface area (Å²) in [6, 6.07) is -0.890. The Labute approximate surface area is 415 Å². The van der Waals surface area contributed by atoms with E-state index in [1.165, 1.54) is 167 Å². The normalized spacial score (nSPS) is 14.4. The lowest BCUT2D eigenvalue weighted by Crippen LogP contribution is -2.45. The third-order valence-electron chi connectivity index (χ3n) is 12.5.